The van der Waals surface area contributed by atoms with E-state index in [0.717, 1.165) is 24.3 Å². The first-order valence-corrected chi connectivity index (χ1v) is 8.49. The number of nitrogens with one attached hydrogen (secondary N) is 3. The van der Waals surface area contributed by atoms with E-state index in [9.17, 15) is 4.79 Å². The van der Waals surface area contributed by atoms with Gasteiger partial charge in [0.2, 0.25) is 0 Å². The Labute approximate surface area is 177 Å². The fourth-order valence-electron chi connectivity index (χ4n) is 2.40. The number of halogens is 1. The number of hydrogen-bond acceptors (Lipinski definition) is 4. The lowest BCUT2D eigenvalue weighted by Crippen LogP contribution is -2.42. The molecule has 27 heavy (non-hydrogen) atoms. The maximum absolute atomic E-state index is 11.9. The van der Waals surface area contributed by atoms with E-state index in [4.69, 9.17) is 4.74 Å². The average Bonchev–Trinajstić information content (AvgIpc) is 2.70. The van der Waals surface area contributed by atoms with Gasteiger partial charge in [-0.2, -0.15) is 0 Å². The maximum Gasteiger partial charge on any atom is 0.252 e. The minimum atomic E-state index is -0.140. The molecule has 0 spiro atoms. The third kappa shape index (κ3) is 7.81. The van der Waals surface area contributed by atoms with Crippen molar-refractivity contribution in [2.75, 3.05) is 33.8 Å². The van der Waals surface area contributed by atoms with Gasteiger partial charge in [-0.15, -0.1) is 24.0 Å². The van der Waals surface area contributed by atoms with Crippen molar-refractivity contribution in [1.29, 1.82) is 0 Å². The van der Waals surface area contributed by atoms with Crippen molar-refractivity contribution < 1.29 is 9.53 Å². The number of methoxy groups -OCH3 is 1. The van der Waals surface area contributed by atoms with Crippen LogP contribution in [0.15, 0.2) is 53.8 Å². The van der Waals surface area contributed by atoms with Gasteiger partial charge < -0.3 is 20.7 Å². The van der Waals surface area contributed by atoms with Gasteiger partial charge in [0, 0.05) is 39.1 Å². The van der Waals surface area contributed by atoms with E-state index < -0.39 is 0 Å². The second-order valence-corrected chi connectivity index (χ2v) is 5.49. The second-order valence-electron chi connectivity index (χ2n) is 5.49. The van der Waals surface area contributed by atoms with Gasteiger partial charge in [-0.1, -0.05) is 18.2 Å². The lowest BCUT2D eigenvalue weighted by Gasteiger charge is -2.13. The third-order valence-electron chi connectivity index (χ3n) is 3.73. The standard InChI is InChI=1S/C19H25N5O2.HI/c1-20-19(23-11-9-15-6-3-4-8-17(15)26-2)24-13-12-22-18(25)16-7-5-10-21-14-16;/h3-8,10,14H,9,11-13H2,1-2H3,(H,22,25)(H2,20,23,24);1H. The molecule has 0 aliphatic heterocycles. The van der Waals surface area contributed by atoms with E-state index in [0.29, 0.717) is 24.6 Å². The lowest BCUT2D eigenvalue weighted by atomic mass is 10.1. The maximum atomic E-state index is 11.9. The summed E-state index contributed by atoms with van der Waals surface area (Å²) in [5, 5.41) is 9.25. The van der Waals surface area contributed by atoms with Crippen LogP contribution in [0.25, 0.3) is 0 Å². The Morgan fingerprint density at radius 3 is 2.52 bits per heavy atom. The highest BCUT2D eigenvalue weighted by atomic mass is 127. The Morgan fingerprint density at radius 2 is 1.81 bits per heavy atom. The highest BCUT2D eigenvalue weighted by Crippen LogP contribution is 2.17. The van der Waals surface area contributed by atoms with Gasteiger partial charge >= 0.3 is 0 Å². The number of aliphatic imine (C=N–C) groups is 1. The molecular formula is C19H26IN5O2. The van der Waals surface area contributed by atoms with Crippen LogP contribution in [-0.2, 0) is 6.42 Å². The molecule has 0 unspecified atom stereocenters. The molecule has 0 aliphatic carbocycles. The number of pyridine rings is 1. The Bertz CT molecular complexity index is 725. The van der Waals surface area contributed by atoms with Crippen LogP contribution in [0.2, 0.25) is 0 Å². The van der Waals surface area contributed by atoms with Gasteiger partial charge in [-0.05, 0) is 30.2 Å². The SMILES string of the molecule is CN=C(NCCNC(=O)c1cccnc1)NCCc1ccccc1OC.I. The molecular weight excluding hydrogens is 457 g/mol. The first kappa shape index (κ1) is 22.7. The zero-order chi connectivity index (χ0) is 18.6. The summed E-state index contributed by atoms with van der Waals surface area (Å²) in [5.41, 5.74) is 1.69. The molecule has 0 bridgehead atoms. The van der Waals surface area contributed by atoms with Crippen molar-refractivity contribution in [3.8, 4) is 5.75 Å². The summed E-state index contributed by atoms with van der Waals surface area (Å²) in [5.74, 6) is 1.44. The second kappa shape index (κ2) is 12.9. The van der Waals surface area contributed by atoms with Crippen LogP contribution in [0.3, 0.4) is 0 Å². The zero-order valence-corrected chi connectivity index (χ0v) is 17.9. The summed E-state index contributed by atoms with van der Waals surface area (Å²) in [6, 6.07) is 11.4. The van der Waals surface area contributed by atoms with E-state index in [1.807, 2.05) is 24.3 Å². The normalized spacial score (nSPS) is 10.5. The fourth-order valence-corrected chi connectivity index (χ4v) is 2.40. The van der Waals surface area contributed by atoms with Crippen LogP contribution in [0.1, 0.15) is 15.9 Å². The summed E-state index contributed by atoms with van der Waals surface area (Å²) in [7, 11) is 3.39. The van der Waals surface area contributed by atoms with Crippen LogP contribution in [0.4, 0.5) is 0 Å². The van der Waals surface area contributed by atoms with Crippen molar-refractivity contribution in [2.45, 2.75) is 6.42 Å². The minimum absolute atomic E-state index is 0. The number of amides is 1. The molecule has 3 N–H and O–H groups in total. The van der Waals surface area contributed by atoms with E-state index in [-0.39, 0.29) is 29.9 Å². The molecule has 1 aromatic carbocycles. The van der Waals surface area contributed by atoms with Crippen molar-refractivity contribution >= 4 is 35.8 Å². The molecule has 146 valence electrons. The van der Waals surface area contributed by atoms with Gasteiger partial charge in [-0.25, -0.2) is 0 Å². The molecule has 0 fully saturated rings. The number of benzene rings is 1. The Kier molecular flexibility index (Phi) is 10.8. The third-order valence-corrected chi connectivity index (χ3v) is 3.73. The Morgan fingerprint density at radius 1 is 1.07 bits per heavy atom. The van der Waals surface area contributed by atoms with Gasteiger partial charge in [0.05, 0.1) is 12.7 Å². The number of nitrogens with zero attached hydrogens (tertiary/aromatic N) is 2. The topological polar surface area (TPSA) is 87.6 Å². The number of aromatic nitrogens is 1. The molecule has 0 saturated carbocycles. The summed E-state index contributed by atoms with van der Waals surface area (Å²) in [6.07, 6.45) is 4.00. The number of rotatable bonds is 8. The van der Waals surface area contributed by atoms with Gasteiger partial charge in [-0.3, -0.25) is 14.8 Å². The number of hydrogen-bond donors (Lipinski definition) is 3. The van der Waals surface area contributed by atoms with E-state index in [1.165, 1.54) is 0 Å². The van der Waals surface area contributed by atoms with Gasteiger partial charge in [0.25, 0.3) is 5.91 Å². The van der Waals surface area contributed by atoms with E-state index >= 15 is 0 Å². The molecule has 8 heteroatoms. The molecule has 1 amide bonds. The van der Waals surface area contributed by atoms with E-state index in [2.05, 4.69) is 25.9 Å². The zero-order valence-electron chi connectivity index (χ0n) is 15.6. The van der Waals surface area contributed by atoms with Crippen molar-refractivity contribution in [2.24, 2.45) is 4.99 Å². The monoisotopic (exact) mass is 483 g/mol. The van der Waals surface area contributed by atoms with Crippen LogP contribution in [-0.4, -0.2) is 50.6 Å². The summed E-state index contributed by atoms with van der Waals surface area (Å²) in [6.45, 7) is 1.78. The molecule has 1 aromatic heterocycles. The van der Waals surface area contributed by atoms with Crippen molar-refractivity contribution in [3.05, 3.63) is 59.9 Å². The number of carbonyl (C=O) groups excluding carboxylic acids is 1. The lowest BCUT2D eigenvalue weighted by molar-refractivity contribution is 0.0954. The number of para-hydroxylation sites is 1. The molecule has 0 atom stereocenters. The largest absolute Gasteiger partial charge is 0.496 e. The molecule has 1 heterocycles. The number of guanidine groups is 1. The average molecular weight is 483 g/mol. The molecule has 0 radical (unpaired) electrons. The first-order valence-electron chi connectivity index (χ1n) is 8.49. The van der Waals surface area contributed by atoms with Gasteiger partial charge in [0.1, 0.15) is 5.75 Å². The predicted molar refractivity (Wildman–Crippen MR) is 118 cm³/mol. The minimum Gasteiger partial charge on any atom is -0.496 e. The molecule has 2 rings (SSSR count). The quantitative estimate of drug-likeness (QED) is 0.231. The molecule has 0 aliphatic rings. The van der Waals surface area contributed by atoms with Crippen molar-refractivity contribution in [3.63, 3.8) is 0 Å². The predicted octanol–water partition coefficient (Wildman–Crippen LogP) is 1.85. The fraction of sp³-hybridized carbons (Fsp3) is 0.316. The van der Waals surface area contributed by atoms with E-state index in [1.54, 1.807) is 38.7 Å². The summed E-state index contributed by atoms with van der Waals surface area (Å²) >= 11 is 0. The Hall–Kier alpha value is -2.36. The summed E-state index contributed by atoms with van der Waals surface area (Å²) < 4.78 is 5.35. The highest BCUT2D eigenvalue weighted by molar-refractivity contribution is 14.0. The summed E-state index contributed by atoms with van der Waals surface area (Å²) in [4.78, 5) is 20.0. The van der Waals surface area contributed by atoms with Gasteiger partial charge in [0.15, 0.2) is 5.96 Å². The van der Waals surface area contributed by atoms with Crippen LogP contribution in [0.5, 0.6) is 5.75 Å². The van der Waals surface area contributed by atoms with Crippen LogP contribution < -0.4 is 20.7 Å². The Balaban J connectivity index is 0.00000364. The van der Waals surface area contributed by atoms with Crippen molar-refractivity contribution in [1.82, 2.24) is 20.9 Å². The molecule has 7 nitrogen and oxygen atoms in total. The number of ether oxygens (including phenoxy) is 1. The smallest absolute Gasteiger partial charge is 0.252 e. The molecule has 2 aromatic rings. The highest BCUT2D eigenvalue weighted by Gasteiger charge is 2.05. The number of carbonyl (C=O) groups is 1. The molecule has 0 saturated heterocycles. The van der Waals surface area contributed by atoms with Crippen LogP contribution >= 0.6 is 24.0 Å². The first-order chi connectivity index (χ1) is 12.7. The van der Waals surface area contributed by atoms with Crippen LogP contribution in [0, 0.1) is 0 Å².